The third-order valence-corrected chi connectivity index (χ3v) is 0.957. The van der Waals surface area contributed by atoms with E-state index in [0.717, 1.165) is 6.54 Å². The van der Waals surface area contributed by atoms with Crippen LogP contribution >= 0.6 is 0 Å². The fourth-order valence-corrected chi connectivity index (χ4v) is 0.488. The second-order valence-corrected chi connectivity index (χ2v) is 1.82. The molecule has 0 aromatic carbocycles. The van der Waals surface area contributed by atoms with Gasteiger partial charge in [-0.3, -0.25) is 0 Å². The molecule has 0 amide bonds. The standard InChI is InChI=1S/C6H12N2O.C2H6/c1-2-8-5-6(9)3-4-7;1-2/h6,8-9H,2-3,5H2,1H3;1-2H3. The van der Waals surface area contributed by atoms with Gasteiger partial charge in [-0.1, -0.05) is 20.8 Å². The van der Waals surface area contributed by atoms with E-state index in [4.69, 9.17) is 10.4 Å². The van der Waals surface area contributed by atoms with Crippen molar-refractivity contribution in [2.75, 3.05) is 13.1 Å². The van der Waals surface area contributed by atoms with Crippen LogP contribution in [0.25, 0.3) is 0 Å². The lowest BCUT2D eigenvalue weighted by Gasteiger charge is -2.04. The molecule has 3 nitrogen and oxygen atoms in total. The topological polar surface area (TPSA) is 56.0 Å². The van der Waals surface area contributed by atoms with Crippen LogP contribution in [0.15, 0.2) is 0 Å². The SMILES string of the molecule is CC.CCNCC(O)CC#N. The van der Waals surface area contributed by atoms with Crippen molar-refractivity contribution < 1.29 is 5.11 Å². The van der Waals surface area contributed by atoms with E-state index in [0.29, 0.717) is 6.54 Å². The summed E-state index contributed by atoms with van der Waals surface area (Å²) >= 11 is 0. The minimum Gasteiger partial charge on any atom is -0.391 e. The second kappa shape index (κ2) is 12.1. The average Bonchev–Trinajstić information content (AvgIpc) is 2.05. The van der Waals surface area contributed by atoms with E-state index in [2.05, 4.69) is 5.32 Å². The molecule has 66 valence electrons. The Morgan fingerprint density at radius 1 is 1.55 bits per heavy atom. The second-order valence-electron chi connectivity index (χ2n) is 1.82. The fraction of sp³-hybridized carbons (Fsp3) is 0.875. The summed E-state index contributed by atoms with van der Waals surface area (Å²) in [5.41, 5.74) is 0. The van der Waals surface area contributed by atoms with E-state index in [1.807, 2.05) is 26.8 Å². The summed E-state index contributed by atoms with van der Waals surface area (Å²) in [6.45, 7) is 7.31. The average molecular weight is 158 g/mol. The summed E-state index contributed by atoms with van der Waals surface area (Å²) in [5.74, 6) is 0. The Hall–Kier alpha value is -0.590. The highest BCUT2D eigenvalue weighted by molar-refractivity contribution is 4.75. The number of nitrogens with zero attached hydrogens (tertiary/aromatic N) is 1. The van der Waals surface area contributed by atoms with Crippen molar-refractivity contribution in [1.29, 1.82) is 5.26 Å². The van der Waals surface area contributed by atoms with Gasteiger partial charge in [0.15, 0.2) is 0 Å². The lowest BCUT2D eigenvalue weighted by Crippen LogP contribution is -2.25. The van der Waals surface area contributed by atoms with E-state index in [-0.39, 0.29) is 6.42 Å². The first-order valence-electron chi connectivity index (χ1n) is 4.07. The first kappa shape index (κ1) is 13.0. The zero-order valence-electron chi connectivity index (χ0n) is 7.59. The summed E-state index contributed by atoms with van der Waals surface area (Å²) in [4.78, 5) is 0. The van der Waals surface area contributed by atoms with Crippen molar-refractivity contribution in [3.8, 4) is 6.07 Å². The smallest absolute Gasteiger partial charge is 0.0794 e. The van der Waals surface area contributed by atoms with Gasteiger partial charge in [-0.25, -0.2) is 0 Å². The van der Waals surface area contributed by atoms with Crippen LogP contribution in [0.2, 0.25) is 0 Å². The summed E-state index contributed by atoms with van der Waals surface area (Å²) in [6.07, 6.45) is -0.289. The molecule has 1 unspecified atom stereocenters. The summed E-state index contributed by atoms with van der Waals surface area (Å²) in [6, 6.07) is 1.89. The van der Waals surface area contributed by atoms with E-state index in [9.17, 15) is 0 Å². The number of aliphatic hydroxyl groups excluding tert-OH is 1. The quantitative estimate of drug-likeness (QED) is 0.639. The van der Waals surface area contributed by atoms with Crippen LogP contribution in [-0.4, -0.2) is 24.3 Å². The maximum atomic E-state index is 8.90. The van der Waals surface area contributed by atoms with Gasteiger partial charge in [0.2, 0.25) is 0 Å². The van der Waals surface area contributed by atoms with Crippen molar-refractivity contribution in [2.24, 2.45) is 0 Å². The fourth-order valence-electron chi connectivity index (χ4n) is 0.488. The van der Waals surface area contributed by atoms with Crippen LogP contribution in [0.1, 0.15) is 27.2 Å². The third-order valence-electron chi connectivity index (χ3n) is 0.957. The molecule has 0 saturated carbocycles. The monoisotopic (exact) mass is 158 g/mol. The number of hydrogen-bond acceptors (Lipinski definition) is 3. The van der Waals surface area contributed by atoms with Gasteiger partial charge in [0.25, 0.3) is 0 Å². The van der Waals surface area contributed by atoms with Gasteiger partial charge in [-0.15, -0.1) is 0 Å². The van der Waals surface area contributed by atoms with Crippen LogP contribution in [-0.2, 0) is 0 Å². The maximum Gasteiger partial charge on any atom is 0.0794 e. The van der Waals surface area contributed by atoms with Crippen LogP contribution in [0.4, 0.5) is 0 Å². The van der Waals surface area contributed by atoms with Gasteiger partial charge < -0.3 is 10.4 Å². The molecule has 0 heterocycles. The number of nitrogens with one attached hydrogen (secondary N) is 1. The Labute approximate surface area is 69.0 Å². The normalized spacial score (nSPS) is 10.8. The predicted octanol–water partition coefficient (Wildman–Crippen LogP) is 0.897. The molecule has 2 N–H and O–H groups in total. The molecule has 0 fully saturated rings. The van der Waals surface area contributed by atoms with E-state index >= 15 is 0 Å². The molecule has 0 radical (unpaired) electrons. The zero-order chi connectivity index (χ0) is 9.11. The molecule has 0 aliphatic carbocycles. The Morgan fingerprint density at radius 2 is 2.09 bits per heavy atom. The molecule has 0 bridgehead atoms. The van der Waals surface area contributed by atoms with Gasteiger partial charge in [0.1, 0.15) is 0 Å². The van der Waals surface area contributed by atoms with Gasteiger partial charge in [-0.2, -0.15) is 5.26 Å². The van der Waals surface area contributed by atoms with E-state index < -0.39 is 6.10 Å². The van der Waals surface area contributed by atoms with E-state index in [1.54, 1.807) is 0 Å². The Bertz CT molecular complexity index is 98.8. The molecule has 0 aliphatic heterocycles. The van der Waals surface area contributed by atoms with Crippen LogP contribution < -0.4 is 5.32 Å². The predicted molar refractivity (Wildman–Crippen MR) is 46.1 cm³/mol. The van der Waals surface area contributed by atoms with Gasteiger partial charge in [-0.05, 0) is 6.54 Å². The molecular weight excluding hydrogens is 140 g/mol. The molecule has 0 saturated heterocycles. The maximum absolute atomic E-state index is 8.90. The van der Waals surface area contributed by atoms with Crippen molar-refractivity contribution in [1.82, 2.24) is 5.32 Å². The zero-order valence-corrected chi connectivity index (χ0v) is 7.59. The number of nitriles is 1. The van der Waals surface area contributed by atoms with Gasteiger partial charge in [0.05, 0.1) is 18.6 Å². The van der Waals surface area contributed by atoms with Gasteiger partial charge >= 0.3 is 0 Å². The van der Waals surface area contributed by atoms with Crippen LogP contribution in [0.3, 0.4) is 0 Å². The Kier molecular flexibility index (Phi) is 14.4. The van der Waals surface area contributed by atoms with Crippen molar-refractivity contribution >= 4 is 0 Å². The highest BCUT2D eigenvalue weighted by Gasteiger charge is 1.99. The molecule has 3 heteroatoms. The molecule has 0 spiro atoms. The highest BCUT2D eigenvalue weighted by atomic mass is 16.3. The molecule has 11 heavy (non-hydrogen) atoms. The Morgan fingerprint density at radius 3 is 2.45 bits per heavy atom. The number of likely N-dealkylation sites (N-methyl/N-ethyl adjacent to an activating group) is 1. The van der Waals surface area contributed by atoms with Crippen molar-refractivity contribution in [3.63, 3.8) is 0 Å². The Balaban J connectivity index is 0. The van der Waals surface area contributed by atoms with E-state index in [1.165, 1.54) is 0 Å². The first-order valence-corrected chi connectivity index (χ1v) is 4.07. The third kappa shape index (κ3) is 12.6. The first-order chi connectivity index (χ1) is 5.31. The minimum atomic E-state index is -0.505. The summed E-state index contributed by atoms with van der Waals surface area (Å²) in [7, 11) is 0. The van der Waals surface area contributed by atoms with Crippen molar-refractivity contribution in [2.45, 2.75) is 33.3 Å². The molecule has 0 aromatic heterocycles. The number of rotatable bonds is 4. The van der Waals surface area contributed by atoms with Crippen LogP contribution in [0, 0.1) is 11.3 Å². The summed E-state index contributed by atoms with van der Waals surface area (Å²) in [5, 5.41) is 19.9. The highest BCUT2D eigenvalue weighted by Crippen LogP contribution is 1.85. The lowest BCUT2D eigenvalue weighted by molar-refractivity contribution is 0.177. The van der Waals surface area contributed by atoms with Gasteiger partial charge in [0, 0.05) is 6.54 Å². The molecular formula is C8H18N2O. The molecule has 0 aromatic rings. The summed E-state index contributed by atoms with van der Waals surface area (Å²) < 4.78 is 0. The molecule has 0 rings (SSSR count). The lowest BCUT2D eigenvalue weighted by atomic mass is 10.3. The van der Waals surface area contributed by atoms with Crippen LogP contribution in [0.5, 0.6) is 0 Å². The number of hydrogen-bond donors (Lipinski definition) is 2. The number of aliphatic hydroxyl groups is 1. The largest absolute Gasteiger partial charge is 0.391 e. The molecule has 1 atom stereocenters. The van der Waals surface area contributed by atoms with Crippen molar-refractivity contribution in [3.05, 3.63) is 0 Å². The molecule has 0 aliphatic rings. The minimum absolute atomic E-state index is 0.215.